The number of benzene rings is 1. The van der Waals surface area contributed by atoms with E-state index in [1.165, 1.54) is 0 Å². The van der Waals surface area contributed by atoms with Crippen molar-refractivity contribution in [3.8, 4) is 5.75 Å². The first-order valence-electron chi connectivity index (χ1n) is 4.49. The molecular formula is C11H15NO2. The third-order valence-electron chi connectivity index (χ3n) is 1.86. The fraction of sp³-hybridized carbons (Fsp3) is 0.273. The molecule has 0 saturated heterocycles. The minimum absolute atomic E-state index is 0.169. The van der Waals surface area contributed by atoms with Gasteiger partial charge in [-0.1, -0.05) is 18.2 Å². The zero-order chi connectivity index (χ0) is 10.4. The van der Waals surface area contributed by atoms with E-state index in [0.717, 1.165) is 5.56 Å². The van der Waals surface area contributed by atoms with Gasteiger partial charge in [0.05, 0.1) is 12.8 Å². The molecule has 14 heavy (non-hydrogen) atoms. The van der Waals surface area contributed by atoms with Crippen LogP contribution >= 0.6 is 0 Å². The molecule has 0 unspecified atom stereocenters. The van der Waals surface area contributed by atoms with Crippen LogP contribution in [0.15, 0.2) is 24.3 Å². The fourth-order valence-corrected chi connectivity index (χ4v) is 1.15. The van der Waals surface area contributed by atoms with Crippen molar-refractivity contribution in [2.75, 3.05) is 19.5 Å². The molecular weight excluding hydrogens is 178 g/mol. The second-order valence-electron chi connectivity index (χ2n) is 2.92. The van der Waals surface area contributed by atoms with Crippen molar-refractivity contribution in [2.24, 2.45) is 0 Å². The van der Waals surface area contributed by atoms with Crippen molar-refractivity contribution in [1.29, 1.82) is 0 Å². The van der Waals surface area contributed by atoms with Crippen molar-refractivity contribution in [3.05, 3.63) is 29.8 Å². The van der Waals surface area contributed by atoms with E-state index < -0.39 is 0 Å². The number of aliphatic hydroxyl groups excluding tert-OH is 1. The molecule has 3 N–H and O–H groups in total. The smallest absolute Gasteiger partial charge is 0.141 e. The Morgan fingerprint density at radius 1 is 1.50 bits per heavy atom. The molecule has 0 aliphatic carbocycles. The summed E-state index contributed by atoms with van der Waals surface area (Å²) in [5.41, 5.74) is 7.36. The summed E-state index contributed by atoms with van der Waals surface area (Å²) in [6.07, 6.45) is 4.49. The molecule has 0 heterocycles. The van der Waals surface area contributed by atoms with Gasteiger partial charge in [0, 0.05) is 6.61 Å². The molecule has 3 nitrogen and oxygen atoms in total. The SMILES string of the molecule is COc1ccc(C=CCCO)cc1N. The van der Waals surface area contributed by atoms with Gasteiger partial charge >= 0.3 is 0 Å². The highest BCUT2D eigenvalue weighted by Gasteiger charge is 1.97. The first-order chi connectivity index (χ1) is 6.77. The molecule has 76 valence electrons. The molecule has 0 aliphatic rings. The van der Waals surface area contributed by atoms with E-state index >= 15 is 0 Å². The molecule has 0 fully saturated rings. The zero-order valence-corrected chi connectivity index (χ0v) is 8.23. The first kappa shape index (κ1) is 10.6. The van der Waals surface area contributed by atoms with Gasteiger partial charge in [-0.15, -0.1) is 0 Å². The molecule has 0 spiro atoms. The molecule has 0 aromatic heterocycles. The third kappa shape index (κ3) is 2.78. The average molecular weight is 193 g/mol. The molecule has 0 saturated carbocycles. The summed E-state index contributed by atoms with van der Waals surface area (Å²) in [4.78, 5) is 0. The number of aliphatic hydroxyl groups is 1. The van der Waals surface area contributed by atoms with E-state index in [1.54, 1.807) is 7.11 Å². The maximum Gasteiger partial charge on any atom is 0.141 e. The Hall–Kier alpha value is -1.48. The summed E-state index contributed by atoms with van der Waals surface area (Å²) in [5.74, 6) is 0.685. The van der Waals surface area contributed by atoms with Crippen molar-refractivity contribution < 1.29 is 9.84 Å². The second-order valence-corrected chi connectivity index (χ2v) is 2.92. The van der Waals surface area contributed by atoms with Gasteiger partial charge in [0.1, 0.15) is 5.75 Å². The predicted octanol–water partition coefficient (Wildman–Crippen LogP) is 1.67. The molecule has 0 amide bonds. The van der Waals surface area contributed by atoms with Gasteiger partial charge in [-0.3, -0.25) is 0 Å². The largest absolute Gasteiger partial charge is 0.495 e. The van der Waals surface area contributed by atoms with Gasteiger partial charge in [-0.2, -0.15) is 0 Å². The lowest BCUT2D eigenvalue weighted by Gasteiger charge is -2.04. The van der Waals surface area contributed by atoms with Crippen molar-refractivity contribution in [2.45, 2.75) is 6.42 Å². The van der Waals surface area contributed by atoms with Crippen molar-refractivity contribution in [3.63, 3.8) is 0 Å². The van der Waals surface area contributed by atoms with Crippen LogP contribution < -0.4 is 10.5 Å². The van der Waals surface area contributed by atoms with Crippen LogP contribution in [-0.4, -0.2) is 18.8 Å². The first-order valence-corrected chi connectivity index (χ1v) is 4.49. The van der Waals surface area contributed by atoms with Crippen LogP contribution in [0.3, 0.4) is 0 Å². The lowest BCUT2D eigenvalue weighted by atomic mass is 10.1. The Morgan fingerprint density at radius 3 is 2.86 bits per heavy atom. The van der Waals surface area contributed by atoms with E-state index in [0.29, 0.717) is 17.9 Å². The van der Waals surface area contributed by atoms with E-state index in [1.807, 2.05) is 30.4 Å². The monoisotopic (exact) mass is 193 g/mol. The van der Waals surface area contributed by atoms with Crippen LogP contribution in [0, 0.1) is 0 Å². The summed E-state index contributed by atoms with van der Waals surface area (Å²) >= 11 is 0. The number of rotatable bonds is 4. The molecule has 1 aromatic carbocycles. The van der Waals surface area contributed by atoms with Gasteiger partial charge in [0.25, 0.3) is 0 Å². The molecule has 1 aromatic rings. The highest BCUT2D eigenvalue weighted by Crippen LogP contribution is 2.22. The molecule has 0 atom stereocenters. The highest BCUT2D eigenvalue weighted by molar-refractivity contribution is 5.61. The summed E-state index contributed by atoms with van der Waals surface area (Å²) in [6, 6.07) is 5.59. The van der Waals surface area contributed by atoms with Gasteiger partial charge in [-0.05, 0) is 24.1 Å². The number of hydrogen-bond donors (Lipinski definition) is 2. The van der Waals surface area contributed by atoms with Gasteiger partial charge < -0.3 is 15.6 Å². The van der Waals surface area contributed by atoms with Crippen molar-refractivity contribution in [1.82, 2.24) is 0 Å². The van der Waals surface area contributed by atoms with Crippen LogP contribution in [0.4, 0.5) is 5.69 Å². The van der Waals surface area contributed by atoms with Crippen LogP contribution in [0.5, 0.6) is 5.75 Å². The number of anilines is 1. The summed E-state index contributed by atoms with van der Waals surface area (Å²) < 4.78 is 5.04. The van der Waals surface area contributed by atoms with Crippen LogP contribution in [-0.2, 0) is 0 Å². The van der Waals surface area contributed by atoms with E-state index in [9.17, 15) is 0 Å². The summed E-state index contributed by atoms with van der Waals surface area (Å²) in [6.45, 7) is 0.169. The van der Waals surface area contributed by atoms with E-state index in [4.69, 9.17) is 15.6 Å². The summed E-state index contributed by atoms with van der Waals surface area (Å²) in [7, 11) is 1.59. The predicted molar refractivity (Wildman–Crippen MR) is 58.1 cm³/mol. The Morgan fingerprint density at radius 2 is 2.29 bits per heavy atom. The maximum absolute atomic E-state index is 8.59. The number of nitrogen functional groups attached to an aromatic ring is 1. The second kappa shape index (κ2) is 5.29. The Bertz CT molecular complexity index is 321. The highest BCUT2D eigenvalue weighted by atomic mass is 16.5. The lowest BCUT2D eigenvalue weighted by molar-refractivity contribution is 0.303. The Kier molecular flexibility index (Phi) is 4.01. The number of ether oxygens (including phenoxy) is 1. The van der Waals surface area contributed by atoms with E-state index in [2.05, 4.69) is 0 Å². The van der Waals surface area contributed by atoms with Gasteiger partial charge in [0.15, 0.2) is 0 Å². The number of nitrogens with two attached hydrogens (primary N) is 1. The summed E-state index contributed by atoms with van der Waals surface area (Å²) in [5, 5.41) is 8.59. The third-order valence-corrected chi connectivity index (χ3v) is 1.86. The molecule has 0 radical (unpaired) electrons. The quantitative estimate of drug-likeness (QED) is 0.715. The van der Waals surface area contributed by atoms with Gasteiger partial charge in [0.2, 0.25) is 0 Å². The van der Waals surface area contributed by atoms with Crippen LogP contribution in [0.1, 0.15) is 12.0 Å². The minimum Gasteiger partial charge on any atom is -0.495 e. The van der Waals surface area contributed by atoms with Crippen LogP contribution in [0.2, 0.25) is 0 Å². The molecule has 1 rings (SSSR count). The Balaban J connectivity index is 2.76. The lowest BCUT2D eigenvalue weighted by Crippen LogP contribution is -1.92. The zero-order valence-electron chi connectivity index (χ0n) is 8.23. The Labute approximate surface area is 83.8 Å². The minimum atomic E-state index is 0.169. The average Bonchev–Trinajstić information content (AvgIpc) is 2.18. The molecule has 3 heteroatoms. The standard InChI is InChI=1S/C11H15NO2/c1-14-11-6-5-9(8-10(11)12)4-2-3-7-13/h2,4-6,8,13H,3,7,12H2,1H3. The van der Waals surface area contributed by atoms with Crippen LogP contribution in [0.25, 0.3) is 6.08 Å². The maximum atomic E-state index is 8.59. The fourth-order valence-electron chi connectivity index (χ4n) is 1.15. The molecule has 0 bridgehead atoms. The van der Waals surface area contributed by atoms with Crippen molar-refractivity contribution >= 4 is 11.8 Å². The normalized spacial score (nSPS) is 10.7. The van der Waals surface area contributed by atoms with Gasteiger partial charge in [-0.25, -0.2) is 0 Å². The number of methoxy groups -OCH3 is 1. The number of hydrogen-bond acceptors (Lipinski definition) is 3. The topological polar surface area (TPSA) is 55.5 Å². The molecule has 0 aliphatic heterocycles. The van der Waals surface area contributed by atoms with E-state index in [-0.39, 0.29) is 6.61 Å².